The molecule has 32 heteroatoms. The van der Waals surface area contributed by atoms with Crippen molar-refractivity contribution in [2.75, 3.05) is 119 Å². The van der Waals surface area contributed by atoms with Gasteiger partial charge in [0.05, 0.1) is 34.4 Å². The van der Waals surface area contributed by atoms with Crippen LogP contribution in [0.15, 0.2) is 164 Å². The maximum absolute atomic E-state index is 13.1. The first-order valence-corrected chi connectivity index (χ1v) is 48.2. The molecule has 744 valence electrons. The highest BCUT2D eigenvalue weighted by molar-refractivity contribution is 14.1. The number of para-hydroxylation sites is 3. The highest BCUT2D eigenvalue weighted by Gasteiger charge is 2.56. The summed E-state index contributed by atoms with van der Waals surface area (Å²) in [6.07, 6.45) is 7.89. The fourth-order valence-electron chi connectivity index (χ4n) is 16.6. The SMILES string of the molecule is CC(=O)c1c(O)cccc1O.CC(C)(C)OC(=O)N1CCC(=O)C1.CC(C)(C)OC(=O)N1CCC2(C=C(B3OC(C)(C)C(C)(C)O3)c3ccccc3O2)C1.CCN(CC)C(=O)c1ccc(C2=CC3(CCN(C(=O)OC(C)(C)C)C3)Oc3ccccc32)c(OCOC)c1.CCN(CC)C(=O)c1ccc(C2=CC3(CCNC3)Oc3ccccc32)c(O)c1.CCN(CC)C(=O)c1ccc(I)c(OCOC)c1. The van der Waals surface area contributed by atoms with Gasteiger partial charge < -0.3 is 107 Å². The van der Waals surface area contributed by atoms with Gasteiger partial charge in [-0.3, -0.25) is 24.0 Å². The van der Waals surface area contributed by atoms with E-state index in [4.69, 9.17) is 66.9 Å². The summed E-state index contributed by atoms with van der Waals surface area (Å²) in [6, 6.07) is 44.1. The molecule has 0 radical (unpaired) electrons. The van der Waals surface area contributed by atoms with Crippen LogP contribution in [0.2, 0.25) is 0 Å². The minimum Gasteiger partial charge on any atom is -0.507 e. The van der Waals surface area contributed by atoms with Crippen molar-refractivity contribution in [3.05, 3.63) is 217 Å². The fourth-order valence-corrected chi connectivity index (χ4v) is 17.1. The van der Waals surface area contributed by atoms with Crippen LogP contribution >= 0.6 is 22.6 Å². The van der Waals surface area contributed by atoms with Gasteiger partial charge in [-0.1, -0.05) is 60.7 Å². The fraction of sp³-hybridized carbons (Fsp3) is 0.472. The van der Waals surface area contributed by atoms with Crippen LogP contribution in [0.5, 0.6) is 46.0 Å². The second kappa shape index (κ2) is 46.4. The summed E-state index contributed by atoms with van der Waals surface area (Å²) in [4.78, 5) is 106. The predicted molar refractivity (Wildman–Crippen MR) is 538 cm³/mol. The standard InChI is InChI=1S/C30H38N2O6.C23H32BNO5.C23H26N2O3.C13H18INO3.C9H15NO3.C8H8O3/c1-7-31(8-2)27(33)21-13-14-23(26(17-21)36-20-35-6)24-18-30(37-25-12-10-9-11-22(24)25)15-16-32(19-30)28(34)38-29(3,4)5;1-20(2,3)28-19(26)25-13-12-23(15-25)14-17(16-10-8-9-11-18(16)27-23)24-29-21(4,5)22(6,7)30-24;1-3-25(4-2)22(27)16-9-10-17(20(26)13-16)19-14-23(11-12-24-15-23)28-21-8-6-5-7-18(19)21;1-4-15(5-2)13(16)10-6-7-11(14)12(8-10)18-9-17-3;1-9(2,3)13-8(12)10-5-4-7(11)6-10;1-5(9)8-6(10)3-2-4-7(8)11/h9-14,17-18H,7-8,15-16,19-20H2,1-6H3;8-11,14H,12-13,15H2,1-7H3;5-10,13-14,24,26H,3-4,11-12,15H2,1-2H3;6-8H,4-5,9H2,1-3H3;4-6H2,1-3H3;2-4,10-11H,1H3. The molecule has 0 aliphatic carbocycles. The number of Topliss-reactive ketones (excluding diaryl/α,β-unsaturated/α-hetero) is 2. The number of methoxy groups -OCH3 is 2. The van der Waals surface area contributed by atoms with Crippen LogP contribution in [0.1, 0.15) is 233 Å². The van der Waals surface area contributed by atoms with E-state index in [0.717, 1.165) is 84.8 Å². The lowest BCUT2D eigenvalue weighted by atomic mass is 9.70. The predicted octanol–water partition coefficient (Wildman–Crippen LogP) is 18.5. The Kier molecular flexibility index (Phi) is 36.4. The number of aromatic hydroxyl groups is 3. The number of fused-ring (bicyclic) bond motifs is 3. The van der Waals surface area contributed by atoms with Crippen molar-refractivity contribution >= 4 is 93.9 Å². The third-order valence-corrected chi connectivity index (χ3v) is 25.2. The number of rotatable bonds is 19. The molecule has 7 aromatic carbocycles. The van der Waals surface area contributed by atoms with Gasteiger partial charge in [-0.25, -0.2) is 14.4 Å². The smallest absolute Gasteiger partial charge is 0.495 e. The molecule has 5 saturated heterocycles. The molecule has 5 fully saturated rings. The van der Waals surface area contributed by atoms with Crippen molar-refractivity contribution in [1.29, 1.82) is 0 Å². The average Bonchev–Trinajstić information content (AvgIpc) is 1.57. The Labute approximate surface area is 825 Å². The number of nitrogens with one attached hydrogen (secondary N) is 1. The van der Waals surface area contributed by atoms with Crippen molar-refractivity contribution in [3.8, 4) is 46.0 Å². The molecule has 8 heterocycles. The zero-order valence-corrected chi connectivity index (χ0v) is 86.0. The van der Waals surface area contributed by atoms with Gasteiger partial charge >= 0.3 is 25.4 Å². The van der Waals surface area contributed by atoms with E-state index in [9.17, 15) is 43.5 Å². The van der Waals surface area contributed by atoms with Crippen molar-refractivity contribution in [2.45, 2.75) is 209 Å². The lowest BCUT2D eigenvalue weighted by molar-refractivity contribution is -0.117. The van der Waals surface area contributed by atoms with Crippen LogP contribution < -0.4 is 29.0 Å². The van der Waals surface area contributed by atoms with Gasteiger partial charge in [-0.05, 0) is 287 Å². The van der Waals surface area contributed by atoms with E-state index in [1.54, 1.807) is 63.0 Å². The number of ketones is 2. The summed E-state index contributed by atoms with van der Waals surface area (Å²) in [6.45, 7) is 46.3. The number of halogens is 1. The lowest BCUT2D eigenvalue weighted by Crippen LogP contribution is -2.43. The molecule has 0 aromatic heterocycles. The van der Waals surface area contributed by atoms with Gasteiger partial charge in [0.15, 0.2) is 25.2 Å². The molecule has 8 aliphatic heterocycles. The second-order valence-corrected chi connectivity index (χ2v) is 39.7. The van der Waals surface area contributed by atoms with Crippen LogP contribution in [0, 0.1) is 3.57 Å². The number of carbonyl (C=O) groups is 8. The maximum Gasteiger partial charge on any atom is 0.495 e. The molecule has 3 atom stereocenters. The van der Waals surface area contributed by atoms with E-state index < -0.39 is 58.0 Å². The maximum atomic E-state index is 13.1. The van der Waals surface area contributed by atoms with Crippen molar-refractivity contribution in [2.24, 2.45) is 0 Å². The molecule has 6 amide bonds. The largest absolute Gasteiger partial charge is 0.507 e. The number of phenolic OH excluding ortho intramolecular Hbond substituents is 3. The van der Waals surface area contributed by atoms with Gasteiger partial charge in [-0.2, -0.15) is 0 Å². The number of phenols is 3. The molecule has 8 aliphatic rings. The van der Waals surface area contributed by atoms with Gasteiger partial charge in [0.2, 0.25) is 0 Å². The van der Waals surface area contributed by atoms with Crippen LogP contribution in [-0.4, -0.2) is 264 Å². The number of benzene rings is 7. The van der Waals surface area contributed by atoms with Gasteiger partial charge in [-0.15, -0.1) is 0 Å². The summed E-state index contributed by atoms with van der Waals surface area (Å²) >= 11 is 2.17. The minimum atomic E-state index is -0.713. The molecular formula is C106H137BIN7O23. The zero-order chi connectivity index (χ0) is 101. The number of hydrogen-bond acceptors (Lipinski definition) is 24. The molecule has 3 unspecified atom stereocenters. The van der Waals surface area contributed by atoms with E-state index >= 15 is 0 Å². The van der Waals surface area contributed by atoms with Crippen LogP contribution in [-0.2, 0) is 37.8 Å². The van der Waals surface area contributed by atoms with E-state index in [-0.39, 0.29) is 84.4 Å². The Balaban J connectivity index is 0.000000179. The van der Waals surface area contributed by atoms with Crippen LogP contribution in [0.3, 0.4) is 0 Å². The van der Waals surface area contributed by atoms with Crippen molar-refractivity contribution < 1.29 is 110 Å². The number of nitrogens with zero attached hydrogens (tertiary/aromatic N) is 6. The van der Waals surface area contributed by atoms with E-state index in [1.165, 1.54) is 30.0 Å². The van der Waals surface area contributed by atoms with Crippen LogP contribution in [0.25, 0.3) is 16.6 Å². The Morgan fingerprint density at radius 3 is 1.28 bits per heavy atom. The molecule has 30 nitrogen and oxygen atoms in total. The quantitative estimate of drug-likeness (QED) is 0.0192. The Morgan fingerprint density at radius 1 is 0.464 bits per heavy atom. The molecule has 0 bridgehead atoms. The van der Waals surface area contributed by atoms with E-state index in [1.807, 2.05) is 235 Å². The third kappa shape index (κ3) is 27.5. The Morgan fingerprint density at radius 2 is 0.862 bits per heavy atom. The monoisotopic (exact) mass is 2010 g/mol. The van der Waals surface area contributed by atoms with E-state index in [0.29, 0.717) is 119 Å². The first-order chi connectivity index (χ1) is 65.1. The minimum absolute atomic E-state index is 0.0208. The average molecular weight is 2020 g/mol. The highest BCUT2D eigenvalue weighted by atomic mass is 127. The summed E-state index contributed by atoms with van der Waals surface area (Å²) in [5, 5.41) is 32.3. The summed E-state index contributed by atoms with van der Waals surface area (Å²) in [7, 11) is 2.64. The second-order valence-electron chi connectivity index (χ2n) is 38.6. The van der Waals surface area contributed by atoms with Gasteiger partial charge in [0.1, 0.15) is 85.2 Å². The van der Waals surface area contributed by atoms with Gasteiger partial charge in [0.25, 0.3) is 17.7 Å². The zero-order valence-electron chi connectivity index (χ0n) is 83.9. The summed E-state index contributed by atoms with van der Waals surface area (Å²) in [5.74, 6) is 2.98. The highest BCUT2D eigenvalue weighted by Crippen LogP contribution is 2.50. The molecule has 138 heavy (non-hydrogen) atoms. The van der Waals surface area contributed by atoms with Crippen molar-refractivity contribution in [1.82, 2.24) is 34.7 Å². The first-order valence-electron chi connectivity index (χ1n) is 47.1. The first kappa shape index (κ1) is 108. The third-order valence-electron chi connectivity index (χ3n) is 24.3. The normalized spacial score (nSPS) is 18.9. The number of carbonyl (C=O) groups excluding carboxylic acids is 8. The molecule has 7 aromatic rings. The molecule has 3 spiro atoms. The number of amides is 6. The Hall–Kier alpha value is -11.7. The summed E-state index contributed by atoms with van der Waals surface area (Å²) < 4.78 is 70.7. The number of hydrogen-bond donors (Lipinski definition) is 4. The molecular weight excluding hydrogens is 1880 g/mol. The van der Waals surface area contributed by atoms with Crippen molar-refractivity contribution in [3.63, 3.8) is 0 Å². The van der Waals surface area contributed by atoms with Crippen LogP contribution in [0.4, 0.5) is 14.4 Å². The molecule has 4 N–H and O–H groups in total. The Bertz CT molecular complexity index is 5570. The lowest BCUT2D eigenvalue weighted by Gasteiger charge is -2.34. The molecule has 0 saturated carbocycles. The molecule has 15 rings (SSSR count). The van der Waals surface area contributed by atoms with Gasteiger partial charge in [0, 0.05) is 150 Å². The number of ether oxygens (including phenoxy) is 10. The summed E-state index contributed by atoms with van der Waals surface area (Å²) in [5.41, 5.74) is 4.70. The van der Waals surface area contributed by atoms with E-state index in [2.05, 4.69) is 46.1 Å². The number of likely N-dealkylation sites (tertiary alicyclic amines) is 3. The topological polar surface area (TPSA) is 339 Å².